The van der Waals surface area contributed by atoms with Crippen LogP contribution in [0.3, 0.4) is 0 Å². The van der Waals surface area contributed by atoms with Gasteiger partial charge in [-0.2, -0.15) is 0 Å². The Balaban J connectivity index is 1.06. The van der Waals surface area contributed by atoms with Crippen molar-refractivity contribution in [3.8, 4) is 0 Å². The van der Waals surface area contributed by atoms with Gasteiger partial charge in [-0.25, -0.2) is 27.2 Å². The molecule has 354 valence electrons. The summed E-state index contributed by atoms with van der Waals surface area (Å²) in [6, 6.07) is 25.1. The van der Waals surface area contributed by atoms with Crippen LogP contribution >= 0.6 is 0 Å². The van der Waals surface area contributed by atoms with E-state index >= 15 is 0 Å². The highest BCUT2D eigenvalue weighted by Crippen LogP contribution is 2.45. The van der Waals surface area contributed by atoms with E-state index in [1.54, 1.807) is 42.3 Å². The van der Waals surface area contributed by atoms with Gasteiger partial charge in [0.25, 0.3) is 10.0 Å². The van der Waals surface area contributed by atoms with Gasteiger partial charge in [-0.1, -0.05) is 54.1 Å². The van der Waals surface area contributed by atoms with E-state index in [4.69, 9.17) is 34.6 Å². The minimum atomic E-state index is -4.05. The third-order valence-corrected chi connectivity index (χ3v) is 16.0. The first kappa shape index (κ1) is 45.4. The summed E-state index contributed by atoms with van der Waals surface area (Å²) in [4.78, 5) is 29.0. The van der Waals surface area contributed by atoms with Gasteiger partial charge in [-0.05, 0) is 113 Å². The fourth-order valence-electron chi connectivity index (χ4n) is 10.3. The van der Waals surface area contributed by atoms with E-state index in [-0.39, 0.29) is 29.6 Å². The van der Waals surface area contributed by atoms with E-state index < -0.39 is 33.5 Å². The molecule has 67 heavy (non-hydrogen) atoms. The third kappa shape index (κ3) is 9.07. The summed E-state index contributed by atoms with van der Waals surface area (Å²) in [5, 5.41) is 12.4. The molecule has 3 N–H and O–H groups in total. The molecule has 4 fully saturated rings. The molecule has 3 saturated heterocycles. The van der Waals surface area contributed by atoms with E-state index in [0.29, 0.717) is 29.9 Å². The predicted octanol–water partition coefficient (Wildman–Crippen LogP) is 7.19. The lowest BCUT2D eigenvalue weighted by Crippen LogP contribution is -2.52. The summed E-state index contributed by atoms with van der Waals surface area (Å²) >= 11 is 0. The molecule has 6 heterocycles. The number of anilines is 1. The summed E-state index contributed by atoms with van der Waals surface area (Å²) in [6.45, 7) is 7.83. The van der Waals surface area contributed by atoms with Crippen LogP contribution in [-0.2, 0) is 34.6 Å². The lowest BCUT2D eigenvalue weighted by Gasteiger charge is -2.44. The van der Waals surface area contributed by atoms with E-state index in [0.717, 1.165) is 117 Å². The molecule has 0 bridgehead atoms. The number of rotatable bonds is 13. The van der Waals surface area contributed by atoms with Crippen LogP contribution in [0, 0.1) is 6.92 Å². The Kier molecular flexibility index (Phi) is 12.4. The Morgan fingerprint density at radius 2 is 1.69 bits per heavy atom. The van der Waals surface area contributed by atoms with Crippen molar-refractivity contribution < 1.29 is 37.3 Å². The van der Waals surface area contributed by atoms with E-state index in [9.17, 15) is 18.3 Å². The summed E-state index contributed by atoms with van der Waals surface area (Å²) in [6.07, 6.45) is 8.99. The third-order valence-electron chi connectivity index (χ3n) is 14.3. The number of benzene rings is 3. The highest BCUT2D eigenvalue weighted by Gasteiger charge is 2.46. The second-order valence-electron chi connectivity index (χ2n) is 19.2. The number of carbonyl (C=O) groups is 1. The molecule has 16 heteroatoms. The Hall–Kier alpha value is -5.36. The molecule has 15 nitrogen and oxygen atoms in total. The van der Waals surface area contributed by atoms with Crippen LogP contribution in [0.5, 0.6) is 0 Å². The van der Waals surface area contributed by atoms with Crippen LogP contribution in [0.2, 0.25) is 0 Å². The number of hydrogen-bond donors (Lipinski definition) is 2. The fourth-order valence-corrected chi connectivity index (χ4v) is 11.6. The fraction of sp³-hybridized carbons (Fsp3) is 0.471. The van der Waals surface area contributed by atoms with Crippen molar-refractivity contribution in [1.29, 1.82) is 0 Å². The summed E-state index contributed by atoms with van der Waals surface area (Å²) in [5.41, 5.74) is 9.34. The Bertz CT molecular complexity index is 2740. The van der Waals surface area contributed by atoms with Crippen LogP contribution in [0.4, 0.5) is 10.7 Å². The number of ether oxygens (including phenoxy) is 4. The molecule has 3 unspecified atom stereocenters. The first-order valence-electron chi connectivity index (χ1n) is 23.7. The number of carbonyl (C=O) groups excluding carboxylic acids is 1. The molecule has 1 aliphatic carbocycles. The minimum Gasteiger partial charge on any atom is -0.443 e. The van der Waals surface area contributed by atoms with Crippen molar-refractivity contribution in [1.82, 2.24) is 23.7 Å². The Morgan fingerprint density at radius 3 is 2.37 bits per heavy atom. The van der Waals surface area contributed by atoms with Crippen LogP contribution < -0.4 is 10.6 Å². The second-order valence-corrected chi connectivity index (χ2v) is 21.0. The molecule has 5 aromatic rings. The second kappa shape index (κ2) is 18.3. The zero-order valence-electron chi connectivity index (χ0n) is 38.6. The number of aryl methyl sites for hydroxylation is 1. The van der Waals surface area contributed by atoms with Gasteiger partial charge >= 0.3 is 6.09 Å². The number of hydrogen-bond acceptors (Lipinski definition) is 13. The summed E-state index contributed by atoms with van der Waals surface area (Å²) in [7, 11) is -2.31. The maximum Gasteiger partial charge on any atom is 0.405 e. The van der Waals surface area contributed by atoms with Crippen molar-refractivity contribution in [2.45, 2.75) is 112 Å². The minimum absolute atomic E-state index is 0.00256. The van der Waals surface area contributed by atoms with Crippen LogP contribution in [0.25, 0.3) is 16.5 Å². The smallest absolute Gasteiger partial charge is 0.405 e. The van der Waals surface area contributed by atoms with Crippen LogP contribution in [-0.4, -0.2) is 114 Å². The average Bonchev–Trinajstić information content (AvgIpc) is 4.04. The molecular formula is C51H61N7O8S. The van der Waals surface area contributed by atoms with Crippen LogP contribution in [0.1, 0.15) is 105 Å². The number of aromatic nitrogens is 3. The number of likely N-dealkylation sites (tertiary alicyclic amines) is 1. The summed E-state index contributed by atoms with van der Waals surface area (Å²) < 4.78 is 55.2. The molecule has 3 aromatic carbocycles. The van der Waals surface area contributed by atoms with Crippen molar-refractivity contribution in [3.05, 3.63) is 125 Å². The highest BCUT2D eigenvalue weighted by molar-refractivity contribution is 7.90. The molecule has 3 atom stereocenters. The molecule has 10 rings (SSSR count). The lowest BCUT2D eigenvalue weighted by atomic mass is 9.86. The standard InChI is InChI=1S/C51H61N7O8S/c1-34-12-17-39(18-13-34)67(61,62)58-27-22-40-42(32-55(3)47(59)45(40)58)35-14-19-43-41(31-35)46(51(65-38-15-16-38,36-9-5-4-6-10-36)33-64-44-11-7-8-30-63-44)54-49(53-43)57-25-20-37(21-26-57)56-28-23-50(2,24-29-56)66-48(52)60/h4-6,9-10,12-14,17-19,22,27,31-32,37-38,44,47,59H,7-8,11,15-16,20-21,23-26,28-30,33H2,1-3H3,(H2,52,60). The zero-order valence-corrected chi connectivity index (χ0v) is 39.4. The van der Waals surface area contributed by atoms with Gasteiger partial charge in [0.1, 0.15) is 5.60 Å². The normalized spacial score (nSPS) is 22.5. The number of piperidine rings is 2. The van der Waals surface area contributed by atoms with Crippen molar-refractivity contribution in [2.24, 2.45) is 5.73 Å². The van der Waals surface area contributed by atoms with Crippen molar-refractivity contribution in [2.75, 3.05) is 51.3 Å². The van der Waals surface area contributed by atoms with E-state index in [2.05, 4.69) is 28.0 Å². The van der Waals surface area contributed by atoms with Crippen molar-refractivity contribution in [3.63, 3.8) is 0 Å². The van der Waals surface area contributed by atoms with Gasteiger partial charge < -0.3 is 39.6 Å². The molecular weight excluding hydrogens is 871 g/mol. The van der Waals surface area contributed by atoms with Gasteiger partial charge in [-0.3, -0.25) is 4.90 Å². The number of primary amides is 1. The number of nitrogens with two attached hydrogens (primary N) is 1. The maximum absolute atomic E-state index is 14.2. The van der Waals surface area contributed by atoms with Gasteiger partial charge in [0, 0.05) is 74.8 Å². The molecule has 1 amide bonds. The molecule has 0 spiro atoms. The quantitative estimate of drug-likeness (QED) is 0.122. The highest BCUT2D eigenvalue weighted by atomic mass is 32.2. The first-order chi connectivity index (χ1) is 32.3. The Morgan fingerprint density at radius 1 is 0.940 bits per heavy atom. The number of aliphatic hydroxyl groups is 1. The molecule has 5 aliphatic rings. The average molecular weight is 932 g/mol. The topological polar surface area (TPSA) is 175 Å². The lowest BCUT2D eigenvalue weighted by molar-refractivity contribution is -0.197. The largest absolute Gasteiger partial charge is 0.443 e. The van der Waals surface area contributed by atoms with Crippen LogP contribution in [0.15, 0.2) is 96.2 Å². The van der Waals surface area contributed by atoms with Gasteiger partial charge in [0.15, 0.2) is 18.1 Å². The predicted molar refractivity (Wildman–Crippen MR) is 254 cm³/mol. The first-order valence-corrected chi connectivity index (χ1v) is 25.2. The van der Waals surface area contributed by atoms with Gasteiger partial charge in [0.05, 0.1) is 34.5 Å². The van der Waals surface area contributed by atoms with Gasteiger partial charge in [-0.15, -0.1) is 0 Å². The monoisotopic (exact) mass is 931 g/mol. The number of fused-ring (bicyclic) bond motifs is 2. The SMILES string of the molecule is Cc1ccc(S(=O)(=O)n2ccc3c2C(O)N(C)C=C3c2ccc3nc(N4CCC(N5CCC(C)(OC(N)=O)CC5)CC4)nc(C(COC4CCCCO4)(OC4CC4)c4ccccc4)c3c2)cc1. The number of aliphatic hydroxyl groups excluding tert-OH is 1. The van der Waals surface area contributed by atoms with E-state index in [1.165, 1.54) is 10.2 Å². The Labute approximate surface area is 392 Å². The molecule has 4 aliphatic heterocycles. The summed E-state index contributed by atoms with van der Waals surface area (Å²) in [5.74, 6) is 0.615. The van der Waals surface area contributed by atoms with E-state index in [1.807, 2.05) is 50.4 Å². The number of amides is 1. The molecule has 2 aromatic heterocycles. The maximum atomic E-state index is 14.2. The number of nitrogens with zero attached hydrogens (tertiary/aromatic N) is 6. The van der Waals surface area contributed by atoms with Crippen molar-refractivity contribution >= 4 is 38.5 Å². The molecule has 1 saturated carbocycles. The van der Waals surface area contributed by atoms with Gasteiger partial charge in [0.2, 0.25) is 5.95 Å². The molecule has 0 radical (unpaired) electrons. The zero-order chi connectivity index (χ0) is 46.5.